The Morgan fingerprint density at radius 3 is 2.89 bits per heavy atom. The molecule has 1 unspecified atom stereocenters. The average molecular weight is 267 g/mol. The summed E-state index contributed by atoms with van der Waals surface area (Å²) >= 11 is 0. The predicted molar refractivity (Wildman–Crippen MR) is 76.7 cm³/mol. The van der Waals surface area contributed by atoms with Crippen molar-refractivity contribution in [1.82, 2.24) is 5.32 Å². The molecule has 0 saturated heterocycles. The van der Waals surface area contributed by atoms with Crippen molar-refractivity contribution in [1.29, 1.82) is 0 Å². The molecule has 4 nitrogen and oxygen atoms in total. The van der Waals surface area contributed by atoms with Crippen molar-refractivity contribution < 1.29 is 14.6 Å². The molecule has 0 heterocycles. The van der Waals surface area contributed by atoms with E-state index in [0.29, 0.717) is 19.8 Å². The minimum atomic E-state index is -0.507. The molecule has 1 aromatic carbocycles. The third kappa shape index (κ3) is 7.15. The Morgan fingerprint density at radius 1 is 1.32 bits per heavy atom. The Labute approximate surface area is 115 Å². The molecule has 0 saturated carbocycles. The lowest BCUT2D eigenvalue weighted by atomic mass is 10.2. The number of ether oxygens (including phenoxy) is 2. The van der Waals surface area contributed by atoms with E-state index in [-0.39, 0.29) is 0 Å². The van der Waals surface area contributed by atoms with Gasteiger partial charge in [-0.05, 0) is 31.0 Å². The molecule has 0 amide bonds. The number of aliphatic hydroxyl groups excluding tert-OH is 1. The number of rotatable bonds is 10. The SMILES string of the molecule is CCOCCNCC(O)COc1cccc(CC)c1. The van der Waals surface area contributed by atoms with Crippen molar-refractivity contribution >= 4 is 0 Å². The summed E-state index contributed by atoms with van der Waals surface area (Å²) in [6, 6.07) is 7.96. The molecule has 0 spiro atoms. The first-order valence-electron chi connectivity index (χ1n) is 6.94. The zero-order valence-electron chi connectivity index (χ0n) is 11.9. The molecule has 0 aromatic heterocycles. The highest BCUT2D eigenvalue weighted by atomic mass is 16.5. The predicted octanol–water partition coefficient (Wildman–Crippen LogP) is 1.61. The lowest BCUT2D eigenvalue weighted by Gasteiger charge is -2.13. The van der Waals surface area contributed by atoms with Crippen LogP contribution in [0.3, 0.4) is 0 Å². The lowest BCUT2D eigenvalue weighted by Crippen LogP contribution is -2.33. The topological polar surface area (TPSA) is 50.7 Å². The van der Waals surface area contributed by atoms with Gasteiger partial charge in [0.15, 0.2) is 0 Å². The summed E-state index contributed by atoms with van der Waals surface area (Å²) in [5.41, 5.74) is 1.24. The fraction of sp³-hybridized carbons (Fsp3) is 0.600. The maximum absolute atomic E-state index is 9.77. The van der Waals surface area contributed by atoms with E-state index in [1.807, 2.05) is 25.1 Å². The monoisotopic (exact) mass is 267 g/mol. The van der Waals surface area contributed by atoms with Crippen LogP contribution in [0.25, 0.3) is 0 Å². The summed E-state index contributed by atoms with van der Waals surface area (Å²) in [6.07, 6.45) is 0.477. The molecule has 2 N–H and O–H groups in total. The maximum atomic E-state index is 9.77. The van der Waals surface area contributed by atoms with Gasteiger partial charge in [0.2, 0.25) is 0 Å². The number of aliphatic hydroxyl groups is 1. The molecule has 0 aliphatic rings. The summed E-state index contributed by atoms with van der Waals surface area (Å²) in [4.78, 5) is 0. The summed E-state index contributed by atoms with van der Waals surface area (Å²) < 4.78 is 10.8. The number of hydrogen-bond acceptors (Lipinski definition) is 4. The van der Waals surface area contributed by atoms with Crippen LogP contribution >= 0.6 is 0 Å². The van der Waals surface area contributed by atoms with Crippen LogP contribution in [0.15, 0.2) is 24.3 Å². The molecule has 0 fully saturated rings. The Hall–Kier alpha value is -1.10. The Bertz CT molecular complexity index is 344. The van der Waals surface area contributed by atoms with E-state index in [9.17, 15) is 5.11 Å². The first-order valence-corrected chi connectivity index (χ1v) is 6.94. The minimum Gasteiger partial charge on any atom is -0.491 e. The summed E-state index contributed by atoms with van der Waals surface area (Å²) in [6.45, 7) is 7.03. The van der Waals surface area contributed by atoms with Crippen LogP contribution in [0.1, 0.15) is 19.4 Å². The first kappa shape index (κ1) is 16.0. The molecule has 1 aromatic rings. The molecule has 0 aliphatic carbocycles. The van der Waals surface area contributed by atoms with Gasteiger partial charge in [0, 0.05) is 19.7 Å². The van der Waals surface area contributed by atoms with E-state index in [1.165, 1.54) is 5.56 Å². The normalized spacial score (nSPS) is 12.4. The van der Waals surface area contributed by atoms with Gasteiger partial charge in [-0.2, -0.15) is 0 Å². The lowest BCUT2D eigenvalue weighted by molar-refractivity contribution is 0.100. The molecular weight excluding hydrogens is 242 g/mol. The van der Waals surface area contributed by atoms with Crippen molar-refractivity contribution in [2.45, 2.75) is 26.4 Å². The van der Waals surface area contributed by atoms with Crippen molar-refractivity contribution in [3.63, 3.8) is 0 Å². The standard InChI is InChI=1S/C15H25NO3/c1-3-13-6-5-7-15(10-13)19-12-14(17)11-16-8-9-18-4-2/h5-7,10,14,16-17H,3-4,8-9,11-12H2,1-2H3. The number of aryl methyl sites for hydroxylation is 1. The summed E-state index contributed by atoms with van der Waals surface area (Å²) in [7, 11) is 0. The summed E-state index contributed by atoms with van der Waals surface area (Å²) in [5, 5.41) is 12.9. The van der Waals surface area contributed by atoms with Gasteiger partial charge >= 0.3 is 0 Å². The third-order valence-corrected chi connectivity index (χ3v) is 2.76. The molecule has 0 bridgehead atoms. The van der Waals surface area contributed by atoms with Gasteiger partial charge in [-0.25, -0.2) is 0 Å². The molecule has 0 radical (unpaired) electrons. The quantitative estimate of drug-likeness (QED) is 0.632. The van der Waals surface area contributed by atoms with Gasteiger partial charge in [-0.3, -0.25) is 0 Å². The smallest absolute Gasteiger partial charge is 0.119 e. The number of benzene rings is 1. The van der Waals surface area contributed by atoms with Gasteiger partial charge in [0.05, 0.1) is 6.61 Å². The molecule has 0 aliphatic heterocycles. The Kier molecular flexibility index (Phi) is 8.21. The number of hydrogen-bond donors (Lipinski definition) is 2. The van der Waals surface area contributed by atoms with Gasteiger partial charge in [0.25, 0.3) is 0 Å². The highest BCUT2D eigenvalue weighted by Gasteiger charge is 2.04. The molecule has 4 heteroatoms. The van der Waals surface area contributed by atoms with Crippen LogP contribution in [0.2, 0.25) is 0 Å². The van der Waals surface area contributed by atoms with Crippen LogP contribution in [0, 0.1) is 0 Å². The van der Waals surface area contributed by atoms with Crippen LogP contribution in [0.4, 0.5) is 0 Å². The maximum Gasteiger partial charge on any atom is 0.119 e. The third-order valence-electron chi connectivity index (χ3n) is 2.76. The Balaban J connectivity index is 2.16. The van der Waals surface area contributed by atoms with Crippen molar-refractivity contribution in [3.05, 3.63) is 29.8 Å². The second-order valence-electron chi connectivity index (χ2n) is 4.37. The highest BCUT2D eigenvalue weighted by Crippen LogP contribution is 2.13. The Morgan fingerprint density at radius 2 is 2.16 bits per heavy atom. The van der Waals surface area contributed by atoms with E-state index < -0.39 is 6.10 Å². The van der Waals surface area contributed by atoms with Crippen molar-refractivity contribution in [3.8, 4) is 5.75 Å². The average Bonchev–Trinajstić information content (AvgIpc) is 2.45. The molecule has 108 valence electrons. The second-order valence-corrected chi connectivity index (χ2v) is 4.37. The van der Waals surface area contributed by atoms with Crippen molar-refractivity contribution in [2.75, 3.05) is 32.9 Å². The van der Waals surface area contributed by atoms with E-state index in [2.05, 4.69) is 18.3 Å². The fourth-order valence-electron chi connectivity index (χ4n) is 1.66. The second kappa shape index (κ2) is 9.78. The molecule has 1 rings (SSSR count). The summed E-state index contributed by atoms with van der Waals surface area (Å²) in [5.74, 6) is 0.813. The van der Waals surface area contributed by atoms with E-state index in [4.69, 9.17) is 9.47 Å². The van der Waals surface area contributed by atoms with Crippen LogP contribution in [-0.2, 0) is 11.2 Å². The van der Waals surface area contributed by atoms with Crippen LogP contribution < -0.4 is 10.1 Å². The first-order chi connectivity index (χ1) is 9.26. The van der Waals surface area contributed by atoms with E-state index in [0.717, 1.165) is 25.3 Å². The molecule has 19 heavy (non-hydrogen) atoms. The fourth-order valence-corrected chi connectivity index (χ4v) is 1.66. The van der Waals surface area contributed by atoms with Gasteiger partial charge in [0.1, 0.15) is 18.5 Å². The van der Waals surface area contributed by atoms with Crippen molar-refractivity contribution in [2.24, 2.45) is 0 Å². The zero-order valence-corrected chi connectivity index (χ0v) is 11.9. The zero-order chi connectivity index (χ0) is 13.9. The molecular formula is C15H25NO3. The highest BCUT2D eigenvalue weighted by molar-refractivity contribution is 5.28. The van der Waals surface area contributed by atoms with Crippen LogP contribution in [-0.4, -0.2) is 44.1 Å². The largest absolute Gasteiger partial charge is 0.491 e. The number of nitrogens with one attached hydrogen (secondary N) is 1. The molecule has 1 atom stereocenters. The van der Waals surface area contributed by atoms with E-state index in [1.54, 1.807) is 0 Å². The minimum absolute atomic E-state index is 0.300. The van der Waals surface area contributed by atoms with Gasteiger partial charge in [-0.1, -0.05) is 19.1 Å². The van der Waals surface area contributed by atoms with Gasteiger partial charge < -0.3 is 19.9 Å². The van der Waals surface area contributed by atoms with Crippen LogP contribution in [0.5, 0.6) is 5.75 Å². The van der Waals surface area contributed by atoms with Gasteiger partial charge in [-0.15, -0.1) is 0 Å². The van der Waals surface area contributed by atoms with E-state index >= 15 is 0 Å².